The summed E-state index contributed by atoms with van der Waals surface area (Å²) in [5.41, 5.74) is 3.71. The number of amides is 1. The first-order valence-corrected chi connectivity index (χ1v) is 12.8. The van der Waals surface area contributed by atoms with E-state index in [0.717, 1.165) is 21.7 Å². The van der Waals surface area contributed by atoms with Crippen molar-refractivity contribution in [3.05, 3.63) is 95.6 Å². The zero-order valence-corrected chi connectivity index (χ0v) is 19.7. The summed E-state index contributed by atoms with van der Waals surface area (Å²) >= 11 is 1.29. The number of nitrogens with zero attached hydrogens (tertiary/aromatic N) is 3. The Morgan fingerprint density at radius 1 is 0.970 bits per heavy atom. The number of carbonyl (C=O) groups excluding carboxylic acids is 1. The molecule has 9 heteroatoms. The minimum absolute atomic E-state index is 0.168. The summed E-state index contributed by atoms with van der Waals surface area (Å²) in [5.74, 6) is -0.309. The summed E-state index contributed by atoms with van der Waals surface area (Å²) in [4.78, 5) is 12.6. The maximum absolute atomic E-state index is 12.6. The first-order valence-electron chi connectivity index (χ1n) is 10.1. The number of sulfonamides is 1. The molecule has 7 nitrogen and oxygen atoms in total. The van der Waals surface area contributed by atoms with Crippen LogP contribution in [0.1, 0.15) is 21.5 Å². The van der Waals surface area contributed by atoms with Gasteiger partial charge >= 0.3 is 0 Å². The zero-order valence-electron chi connectivity index (χ0n) is 18.1. The molecule has 0 aliphatic heterocycles. The lowest BCUT2D eigenvalue weighted by Crippen LogP contribution is -2.29. The lowest BCUT2D eigenvalue weighted by atomic mass is 10.1. The van der Waals surface area contributed by atoms with Crippen molar-refractivity contribution in [2.24, 2.45) is 0 Å². The highest BCUT2D eigenvalue weighted by Gasteiger charge is 2.18. The Morgan fingerprint density at radius 3 is 2.36 bits per heavy atom. The summed E-state index contributed by atoms with van der Waals surface area (Å²) in [6.07, 6.45) is 1.18. The fourth-order valence-corrected chi connectivity index (χ4v) is 4.88. The van der Waals surface area contributed by atoms with E-state index in [0.29, 0.717) is 16.4 Å². The topological polar surface area (TPSA) is 92.3 Å². The van der Waals surface area contributed by atoms with E-state index in [1.54, 1.807) is 30.3 Å². The standard InChI is InChI=1S/C24H22N4O3S2/c1-17-7-6-10-21(15-17)28(33(2,30)31)16-18-11-13-19(14-12-18)22(29)25-24-27-26-23(32-24)20-8-4-3-5-9-20/h3-15H,16H2,1-2H3,(H,25,27,29). The van der Waals surface area contributed by atoms with Crippen LogP contribution in [-0.4, -0.2) is 30.8 Å². The van der Waals surface area contributed by atoms with E-state index < -0.39 is 10.0 Å². The third kappa shape index (κ3) is 5.63. The number of anilines is 2. The van der Waals surface area contributed by atoms with E-state index in [1.807, 2.05) is 55.5 Å². The average Bonchev–Trinajstić information content (AvgIpc) is 3.26. The second-order valence-corrected chi connectivity index (χ2v) is 10.4. The van der Waals surface area contributed by atoms with Crippen LogP contribution in [0.4, 0.5) is 10.8 Å². The van der Waals surface area contributed by atoms with Crippen molar-refractivity contribution >= 4 is 38.1 Å². The van der Waals surface area contributed by atoms with Gasteiger partial charge in [0.15, 0.2) is 0 Å². The highest BCUT2D eigenvalue weighted by atomic mass is 32.2. The molecule has 4 rings (SSSR count). The van der Waals surface area contributed by atoms with Crippen molar-refractivity contribution < 1.29 is 13.2 Å². The van der Waals surface area contributed by atoms with Gasteiger partial charge in [-0.1, -0.05) is 65.9 Å². The van der Waals surface area contributed by atoms with E-state index in [-0.39, 0.29) is 12.5 Å². The van der Waals surface area contributed by atoms with Gasteiger partial charge in [-0.15, -0.1) is 10.2 Å². The van der Waals surface area contributed by atoms with Crippen molar-refractivity contribution in [3.63, 3.8) is 0 Å². The van der Waals surface area contributed by atoms with Crippen molar-refractivity contribution in [2.75, 3.05) is 15.9 Å². The van der Waals surface area contributed by atoms with Crippen LogP contribution >= 0.6 is 11.3 Å². The van der Waals surface area contributed by atoms with Gasteiger partial charge in [-0.2, -0.15) is 0 Å². The number of hydrogen-bond donors (Lipinski definition) is 1. The smallest absolute Gasteiger partial charge is 0.257 e. The monoisotopic (exact) mass is 478 g/mol. The highest BCUT2D eigenvalue weighted by Crippen LogP contribution is 2.26. The molecular weight excluding hydrogens is 456 g/mol. The van der Waals surface area contributed by atoms with Gasteiger partial charge in [0, 0.05) is 11.1 Å². The van der Waals surface area contributed by atoms with E-state index >= 15 is 0 Å². The van der Waals surface area contributed by atoms with Crippen LogP contribution in [0.2, 0.25) is 0 Å². The summed E-state index contributed by atoms with van der Waals surface area (Å²) in [6, 6.07) is 23.8. The number of aryl methyl sites for hydroxylation is 1. The van der Waals surface area contributed by atoms with Gasteiger partial charge in [-0.25, -0.2) is 8.42 Å². The Labute approximate surface area is 196 Å². The number of hydrogen-bond acceptors (Lipinski definition) is 6. The first kappa shape index (κ1) is 22.6. The number of benzene rings is 3. The van der Waals surface area contributed by atoms with Crippen LogP contribution in [0.3, 0.4) is 0 Å². The van der Waals surface area contributed by atoms with Crippen molar-refractivity contribution in [1.82, 2.24) is 10.2 Å². The van der Waals surface area contributed by atoms with E-state index in [4.69, 9.17) is 0 Å². The Bertz CT molecular complexity index is 1370. The van der Waals surface area contributed by atoms with Gasteiger partial charge < -0.3 is 0 Å². The molecule has 0 unspecified atom stereocenters. The Kier molecular flexibility index (Phi) is 6.52. The summed E-state index contributed by atoms with van der Waals surface area (Å²) in [6.45, 7) is 2.08. The number of rotatable bonds is 7. The van der Waals surface area contributed by atoms with Crippen LogP contribution in [0, 0.1) is 6.92 Å². The molecule has 0 spiro atoms. The molecule has 0 radical (unpaired) electrons. The van der Waals surface area contributed by atoms with Crippen LogP contribution in [0.5, 0.6) is 0 Å². The zero-order chi connectivity index (χ0) is 23.4. The quantitative estimate of drug-likeness (QED) is 0.414. The molecule has 0 fully saturated rings. The SMILES string of the molecule is Cc1cccc(N(Cc2ccc(C(=O)Nc3nnc(-c4ccccc4)s3)cc2)S(C)(=O)=O)c1. The number of nitrogens with one attached hydrogen (secondary N) is 1. The summed E-state index contributed by atoms with van der Waals surface area (Å²) in [7, 11) is -3.48. The van der Waals surface area contributed by atoms with Crippen LogP contribution in [0.25, 0.3) is 10.6 Å². The fourth-order valence-electron chi connectivity index (χ4n) is 3.25. The predicted molar refractivity (Wildman–Crippen MR) is 132 cm³/mol. The second kappa shape index (κ2) is 9.51. The van der Waals surface area contributed by atoms with E-state index in [1.165, 1.54) is 21.9 Å². The molecule has 1 N–H and O–H groups in total. The molecule has 1 aromatic heterocycles. The van der Waals surface area contributed by atoms with Gasteiger partial charge in [0.05, 0.1) is 18.5 Å². The fraction of sp³-hybridized carbons (Fsp3) is 0.125. The summed E-state index contributed by atoms with van der Waals surface area (Å²) in [5, 5.41) is 12.1. The molecule has 0 aliphatic carbocycles. The van der Waals surface area contributed by atoms with E-state index in [2.05, 4.69) is 15.5 Å². The molecule has 3 aromatic carbocycles. The van der Waals surface area contributed by atoms with Gasteiger partial charge in [0.25, 0.3) is 5.91 Å². The van der Waals surface area contributed by atoms with Gasteiger partial charge in [0.1, 0.15) is 5.01 Å². The molecule has 33 heavy (non-hydrogen) atoms. The van der Waals surface area contributed by atoms with Gasteiger partial charge in [-0.3, -0.25) is 14.4 Å². The Morgan fingerprint density at radius 2 is 1.70 bits per heavy atom. The van der Waals surface area contributed by atoms with Crippen molar-refractivity contribution in [1.29, 1.82) is 0 Å². The Balaban J connectivity index is 1.46. The molecule has 0 saturated heterocycles. The third-order valence-electron chi connectivity index (χ3n) is 4.90. The first-order chi connectivity index (χ1) is 15.8. The Hall–Kier alpha value is -3.56. The highest BCUT2D eigenvalue weighted by molar-refractivity contribution is 7.92. The molecule has 0 atom stereocenters. The lowest BCUT2D eigenvalue weighted by molar-refractivity contribution is 0.102. The average molecular weight is 479 g/mol. The second-order valence-electron chi connectivity index (χ2n) is 7.54. The molecule has 0 aliphatic rings. The maximum Gasteiger partial charge on any atom is 0.257 e. The van der Waals surface area contributed by atoms with E-state index in [9.17, 15) is 13.2 Å². The number of carbonyl (C=O) groups is 1. The molecule has 0 bridgehead atoms. The molecule has 168 valence electrons. The number of aromatic nitrogens is 2. The van der Waals surface area contributed by atoms with Crippen molar-refractivity contribution in [2.45, 2.75) is 13.5 Å². The van der Waals surface area contributed by atoms with Crippen LogP contribution in [0.15, 0.2) is 78.9 Å². The van der Waals surface area contributed by atoms with Gasteiger partial charge in [0.2, 0.25) is 15.2 Å². The van der Waals surface area contributed by atoms with Gasteiger partial charge in [-0.05, 0) is 42.3 Å². The predicted octanol–water partition coefficient (Wildman–Crippen LogP) is 4.73. The normalized spacial score (nSPS) is 11.2. The lowest BCUT2D eigenvalue weighted by Gasteiger charge is -2.23. The molecular formula is C24H22N4O3S2. The van der Waals surface area contributed by atoms with Crippen LogP contribution < -0.4 is 9.62 Å². The third-order valence-corrected chi connectivity index (χ3v) is 6.93. The minimum atomic E-state index is -3.48. The molecule has 0 saturated carbocycles. The maximum atomic E-state index is 12.6. The molecule has 1 heterocycles. The molecule has 4 aromatic rings. The largest absolute Gasteiger partial charge is 0.296 e. The van der Waals surface area contributed by atoms with Crippen molar-refractivity contribution in [3.8, 4) is 10.6 Å². The molecule has 1 amide bonds. The minimum Gasteiger partial charge on any atom is -0.296 e. The van der Waals surface area contributed by atoms with Crippen LogP contribution in [-0.2, 0) is 16.6 Å². The summed E-state index contributed by atoms with van der Waals surface area (Å²) < 4.78 is 26.1.